The predicted octanol–water partition coefficient (Wildman–Crippen LogP) is 7.74. The average molecular weight is 547 g/mol. The lowest BCUT2D eigenvalue weighted by molar-refractivity contribution is -0.389. The van der Waals surface area contributed by atoms with E-state index in [-0.39, 0.29) is 6.07 Å². The summed E-state index contributed by atoms with van der Waals surface area (Å²) in [7, 11) is 0. The van der Waals surface area contributed by atoms with Gasteiger partial charge >= 0.3 is 23.9 Å². The number of rotatable bonds is 3. The van der Waals surface area contributed by atoms with Crippen molar-refractivity contribution in [1.29, 1.82) is 0 Å². The van der Waals surface area contributed by atoms with E-state index in [1.54, 1.807) is 0 Å². The van der Waals surface area contributed by atoms with Gasteiger partial charge in [-0.25, -0.2) is 8.78 Å². The Balaban J connectivity index is 3.04. The van der Waals surface area contributed by atoms with Crippen molar-refractivity contribution in [3.05, 3.63) is 56.7 Å². The second-order valence-electron chi connectivity index (χ2n) is 5.43. The van der Waals surface area contributed by atoms with E-state index in [9.17, 15) is 43.9 Å². The van der Waals surface area contributed by atoms with Crippen LogP contribution in [0.3, 0.4) is 0 Å². The molecule has 0 nitrogen and oxygen atoms in total. The second-order valence-corrected chi connectivity index (χ2v) is 7.08. The minimum absolute atomic E-state index is 0.0552. The average Bonchev–Trinajstić information content (AvgIpc) is 2.52. The van der Waals surface area contributed by atoms with E-state index in [0.29, 0.717) is 6.07 Å². The van der Waals surface area contributed by atoms with Crippen LogP contribution in [-0.2, 0) is 5.67 Å². The minimum atomic E-state index is -6.90. The van der Waals surface area contributed by atoms with Gasteiger partial charge in [-0.1, -0.05) is 34.1 Å². The zero-order chi connectivity index (χ0) is 21.7. The summed E-state index contributed by atoms with van der Waals surface area (Å²) >= 11 is 5.21. The third kappa shape index (κ3) is 3.53. The Morgan fingerprint density at radius 3 is 1.79 bits per heavy atom. The number of hydrogen-bond donors (Lipinski definition) is 0. The van der Waals surface area contributed by atoms with Crippen LogP contribution in [0.15, 0.2) is 39.3 Å². The van der Waals surface area contributed by atoms with E-state index < -0.39 is 55.4 Å². The van der Waals surface area contributed by atoms with E-state index in [1.807, 2.05) is 0 Å². The quantitative estimate of drug-likeness (QED) is 0.345. The summed E-state index contributed by atoms with van der Waals surface area (Å²) in [6.45, 7) is 0. The molecular formula is C16H5Br2F10. The van der Waals surface area contributed by atoms with Gasteiger partial charge in [-0.05, 0) is 28.1 Å². The summed E-state index contributed by atoms with van der Waals surface area (Å²) in [4.78, 5) is 0. The molecule has 28 heavy (non-hydrogen) atoms. The molecule has 1 unspecified atom stereocenters. The van der Waals surface area contributed by atoms with Crippen LogP contribution in [0.2, 0.25) is 0 Å². The molecule has 0 heterocycles. The van der Waals surface area contributed by atoms with Crippen LogP contribution in [0.4, 0.5) is 43.9 Å². The highest BCUT2D eigenvalue weighted by Gasteiger charge is 2.82. The van der Waals surface area contributed by atoms with Crippen molar-refractivity contribution >= 4 is 31.9 Å². The van der Waals surface area contributed by atoms with Crippen LogP contribution in [-0.4, -0.2) is 18.3 Å². The van der Waals surface area contributed by atoms with E-state index in [0.717, 1.165) is 18.2 Å². The van der Waals surface area contributed by atoms with E-state index in [4.69, 9.17) is 0 Å². The Kier molecular flexibility index (Phi) is 5.90. The fraction of sp³-hybridized carbons (Fsp3) is 0.250. The smallest absolute Gasteiger partial charge is 0.221 e. The summed E-state index contributed by atoms with van der Waals surface area (Å²) in [5, 5.41) is 0. The Hall–Kier alpha value is -1.30. The van der Waals surface area contributed by atoms with Gasteiger partial charge in [0.05, 0.1) is 0 Å². The van der Waals surface area contributed by atoms with Crippen molar-refractivity contribution in [3.63, 3.8) is 0 Å². The molecule has 0 N–H and O–H groups in total. The highest BCUT2D eigenvalue weighted by atomic mass is 79.9. The molecule has 0 aliphatic rings. The van der Waals surface area contributed by atoms with Crippen LogP contribution < -0.4 is 0 Å². The molecule has 0 amide bonds. The molecule has 0 bridgehead atoms. The van der Waals surface area contributed by atoms with Gasteiger partial charge in [0.25, 0.3) is 0 Å². The number of benzene rings is 2. The highest BCUT2D eigenvalue weighted by molar-refractivity contribution is 9.11. The van der Waals surface area contributed by atoms with Crippen LogP contribution >= 0.6 is 31.9 Å². The first kappa shape index (κ1) is 23.0. The molecule has 1 radical (unpaired) electrons. The summed E-state index contributed by atoms with van der Waals surface area (Å²) in [5.74, 6) is -8.17. The van der Waals surface area contributed by atoms with Crippen molar-refractivity contribution in [2.45, 2.75) is 23.9 Å². The molecule has 0 saturated carbocycles. The first-order chi connectivity index (χ1) is 12.6. The van der Waals surface area contributed by atoms with Gasteiger partial charge in [0.1, 0.15) is 5.82 Å². The van der Waals surface area contributed by atoms with Gasteiger partial charge in [0.2, 0.25) is 0 Å². The van der Waals surface area contributed by atoms with Crippen molar-refractivity contribution in [3.8, 4) is 11.1 Å². The Bertz CT molecular complexity index is 888. The van der Waals surface area contributed by atoms with Crippen molar-refractivity contribution in [1.82, 2.24) is 0 Å². The SMILES string of the molecule is Fc1ccccc1-c1c(Br)[c]c(Br)cc1C(F)(C(F)(F)F)C(F)(F)C(F)(F)F. The van der Waals surface area contributed by atoms with E-state index >= 15 is 0 Å². The maximum Gasteiger partial charge on any atom is 0.457 e. The minimum Gasteiger partial charge on any atom is -0.221 e. The predicted molar refractivity (Wildman–Crippen MR) is 85.9 cm³/mol. The fourth-order valence-corrected chi connectivity index (χ4v) is 3.75. The lowest BCUT2D eigenvalue weighted by Crippen LogP contribution is -2.60. The zero-order valence-corrected chi connectivity index (χ0v) is 16.1. The molecule has 2 aromatic carbocycles. The van der Waals surface area contributed by atoms with Crippen LogP contribution in [0.1, 0.15) is 5.56 Å². The third-order valence-corrected chi connectivity index (χ3v) is 4.70. The molecule has 1 atom stereocenters. The van der Waals surface area contributed by atoms with E-state index in [1.165, 1.54) is 0 Å². The maximum absolute atomic E-state index is 15.0. The van der Waals surface area contributed by atoms with Gasteiger partial charge in [-0.2, -0.15) is 35.1 Å². The first-order valence-electron chi connectivity index (χ1n) is 6.92. The molecule has 2 rings (SSSR count). The zero-order valence-electron chi connectivity index (χ0n) is 12.9. The molecule has 0 fully saturated rings. The highest BCUT2D eigenvalue weighted by Crippen LogP contribution is 2.60. The van der Waals surface area contributed by atoms with Crippen LogP contribution in [0, 0.1) is 11.9 Å². The molecule has 0 aliphatic heterocycles. The number of hydrogen-bond acceptors (Lipinski definition) is 0. The third-order valence-electron chi connectivity index (χ3n) is 3.68. The second kappa shape index (κ2) is 7.19. The molecule has 12 heteroatoms. The number of halogens is 12. The Morgan fingerprint density at radius 1 is 0.786 bits per heavy atom. The summed E-state index contributed by atoms with van der Waals surface area (Å²) in [5.41, 5.74) is -10.4. The topological polar surface area (TPSA) is 0 Å². The van der Waals surface area contributed by atoms with Crippen molar-refractivity contribution in [2.75, 3.05) is 0 Å². The largest absolute Gasteiger partial charge is 0.457 e. The van der Waals surface area contributed by atoms with Gasteiger partial charge in [-0.15, -0.1) is 0 Å². The number of alkyl halides is 9. The van der Waals surface area contributed by atoms with Crippen molar-refractivity contribution in [2.24, 2.45) is 0 Å². The molecule has 2 aromatic rings. The fourth-order valence-electron chi connectivity index (χ4n) is 2.41. The van der Waals surface area contributed by atoms with Gasteiger partial charge in [-0.3, -0.25) is 0 Å². The standard InChI is InChI=1S/C16H5Br2F10/c17-7-5-9(12(10(18)6-7)8-3-1-2-4-11(8)19)13(20,15(23,24)25)14(21,22)16(26,27)28/h1-5H. The van der Waals surface area contributed by atoms with Crippen LogP contribution in [0.5, 0.6) is 0 Å². The molecule has 0 saturated heterocycles. The summed E-state index contributed by atoms with van der Waals surface area (Å²) in [6, 6.07) is 5.95. The monoisotopic (exact) mass is 545 g/mol. The summed E-state index contributed by atoms with van der Waals surface area (Å²) in [6.07, 6.45) is -13.6. The lowest BCUT2D eigenvalue weighted by Gasteiger charge is -2.37. The Morgan fingerprint density at radius 2 is 1.32 bits per heavy atom. The van der Waals surface area contributed by atoms with Gasteiger partial charge < -0.3 is 0 Å². The van der Waals surface area contributed by atoms with E-state index in [2.05, 4.69) is 37.9 Å². The molecule has 153 valence electrons. The maximum atomic E-state index is 15.0. The molecule has 0 aliphatic carbocycles. The molecule has 0 spiro atoms. The Labute approximate surface area is 167 Å². The van der Waals surface area contributed by atoms with Gasteiger partial charge in [0.15, 0.2) is 0 Å². The van der Waals surface area contributed by atoms with Crippen molar-refractivity contribution < 1.29 is 43.9 Å². The normalized spacial score (nSPS) is 15.4. The molecular weight excluding hydrogens is 542 g/mol. The summed E-state index contributed by atoms with van der Waals surface area (Å²) < 4.78 is 134. The first-order valence-corrected chi connectivity index (χ1v) is 8.51. The molecule has 0 aromatic heterocycles. The van der Waals surface area contributed by atoms with Crippen LogP contribution in [0.25, 0.3) is 11.1 Å². The lowest BCUT2D eigenvalue weighted by atomic mass is 9.82. The van der Waals surface area contributed by atoms with Gasteiger partial charge in [0, 0.05) is 31.7 Å².